The van der Waals surface area contributed by atoms with Crippen molar-refractivity contribution in [1.29, 1.82) is 0 Å². The minimum Gasteiger partial charge on any atom is -0.293 e. The Bertz CT molecular complexity index is 997. The number of carbonyl (C=O) groups is 1. The van der Waals surface area contributed by atoms with Gasteiger partial charge in [0.15, 0.2) is 5.78 Å². The van der Waals surface area contributed by atoms with E-state index in [4.69, 9.17) is 0 Å². The van der Waals surface area contributed by atoms with Crippen LogP contribution in [0.2, 0.25) is 0 Å². The molecule has 148 valence electrons. The Morgan fingerprint density at radius 2 is 1.00 bits per heavy atom. The molecule has 0 aromatic heterocycles. The van der Waals surface area contributed by atoms with Gasteiger partial charge < -0.3 is 0 Å². The number of hydrogen-bond donors (Lipinski definition) is 0. The van der Waals surface area contributed by atoms with Crippen molar-refractivity contribution in [2.75, 3.05) is 5.33 Å². The Balaban J connectivity index is 1.90. The first-order valence-electron chi connectivity index (χ1n) is 9.97. The van der Waals surface area contributed by atoms with Gasteiger partial charge in [0, 0.05) is 5.56 Å². The fourth-order valence-electron chi connectivity index (χ4n) is 3.92. The number of benzene rings is 4. The SMILES string of the molecule is O=C(CBr)c1ccc(C[P+](c2ccccc2)(c2ccccc2)c2ccccc2)cc1. The highest BCUT2D eigenvalue weighted by Crippen LogP contribution is 2.58. The van der Waals surface area contributed by atoms with Crippen LogP contribution >= 0.6 is 23.2 Å². The van der Waals surface area contributed by atoms with Gasteiger partial charge in [-0.1, -0.05) is 94.8 Å². The molecule has 0 aliphatic carbocycles. The van der Waals surface area contributed by atoms with E-state index < -0.39 is 7.26 Å². The van der Waals surface area contributed by atoms with E-state index in [-0.39, 0.29) is 5.78 Å². The lowest BCUT2D eigenvalue weighted by Crippen LogP contribution is -2.32. The summed E-state index contributed by atoms with van der Waals surface area (Å²) in [4.78, 5) is 12.0. The fourth-order valence-corrected chi connectivity index (χ4v) is 8.48. The van der Waals surface area contributed by atoms with Gasteiger partial charge in [-0.05, 0) is 42.0 Å². The quantitative estimate of drug-likeness (QED) is 0.189. The molecule has 30 heavy (non-hydrogen) atoms. The number of hydrogen-bond acceptors (Lipinski definition) is 1. The molecular formula is C27H23BrOP+. The number of halogens is 1. The molecule has 3 heteroatoms. The van der Waals surface area contributed by atoms with Crippen LogP contribution in [0.5, 0.6) is 0 Å². The van der Waals surface area contributed by atoms with Crippen LogP contribution in [-0.4, -0.2) is 11.1 Å². The molecule has 0 radical (unpaired) electrons. The standard InChI is InChI=1S/C27H23BrOP/c28-20-27(29)23-18-16-22(17-19-23)21-30(24-10-4-1-5-11-24,25-12-6-2-7-13-25)26-14-8-3-9-15-26/h1-19H,20-21H2/q+1. The van der Waals surface area contributed by atoms with Gasteiger partial charge in [-0.25, -0.2) is 0 Å². The highest BCUT2D eigenvalue weighted by molar-refractivity contribution is 9.09. The van der Waals surface area contributed by atoms with Gasteiger partial charge in [-0.15, -0.1) is 0 Å². The van der Waals surface area contributed by atoms with E-state index in [1.165, 1.54) is 21.5 Å². The van der Waals surface area contributed by atoms with Gasteiger partial charge >= 0.3 is 0 Å². The third-order valence-corrected chi connectivity index (χ3v) is 10.3. The molecule has 0 saturated carbocycles. The summed E-state index contributed by atoms with van der Waals surface area (Å²) in [5.41, 5.74) is 1.99. The largest absolute Gasteiger partial charge is 0.293 e. The van der Waals surface area contributed by atoms with Gasteiger partial charge in [0.25, 0.3) is 0 Å². The Morgan fingerprint density at radius 1 is 0.600 bits per heavy atom. The molecule has 4 rings (SSSR count). The lowest BCUT2D eigenvalue weighted by atomic mass is 10.1. The Labute approximate surface area is 187 Å². The van der Waals surface area contributed by atoms with Crippen molar-refractivity contribution < 1.29 is 4.79 Å². The van der Waals surface area contributed by atoms with Crippen LogP contribution in [0.25, 0.3) is 0 Å². The summed E-state index contributed by atoms with van der Waals surface area (Å²) >= 11 is 3.27. The van der Waals surface area contributed by atoms with Crippen molar-refractivity contribution in [2.24, 2.45) is 0 Å². The number of carbonyl (C=O) groups excluding carboxylic acids is 1. The molecule has 0 amide bonds. The first-order valence-corrected chi connectivity index (χ1v) is 13.1. The zero-order valence-electron chi connectivity index (χ0n) is 16.6. The van der Waals surface area contributed by atoms with Crippen LogP contribution in [-0.2, 0) is 6.16 Å². The zero-order chi connectivity index (χ0) is 20.8. The molecule has 0 fully saturated rings. The smallest absolute Gasteiger partial charge is 0.173 e. The summed E-state index contributed by atoms with van der Waals surface area (Å²) in [5, 5.41) is 4.44. The van der Waals surface area contributed by atoms with Crippen LogP contribution < -0.4 is 15.9 Å². The Morgan fingerprint density at radius 3 is 1.37 bits per heavy atom. The van der Waals surface area contributed by atoms with Gasteiger partial charge in [0.2, 0.25) is 0 Å². The Hall–Kier alpha value is -2.54. The van der Waals surface area contributed by atoms with E-state index in [0.29, 0.717) is 5.33 Å². The lowest BCUT2D eigenvalue weighted by Gasteiger charge is -2.28. The summed E-state index contributed by atoms with van der Waals surface area (Å²) in [7, 11) is -1.92. The van der Waals surface area contributed by atoms with E-state index >= 15 is 0 Å². The molecular weight excluding hydrogens is 451 g/mol. The Kier molecular flexibility index (Phi) is 6.57. The van der Waals surface area contributed by atoms with Crippen molar-refractivity contribution >= 4 is 44.9 Å². The van der Waals surface area contributed by atoms with Crippen LogP contribution in [0.1, 0.15) is 15.9 Å². The normalized spacial score (nSPS) is 11.2. The topological polar surface area (TPSA) is 17.1 Å². The summed E-state index contributed by atoms with van der Waals surface area (Å²) in [6.07, 6.45) is 0.911. The fraction of sp³-hybridized carbons (Fsp3) is 0.0741. The number of Topliss-reactive ketones (excluding diaryl/α,β-unsaturated/α-hetero) is 1. The van der Waals surface area contributed by atoms with Crippen LogP contribution in [0.3, 0.4) is 0 Å². The van der Waals surface area contributed by atoms with Crippen molar-refractivity contribution in [3.05, 3.63) is 126 Å². The molecule has 4 aromatic rings. The molecule has 0 N–H and O–H groups in total. The molecule has 0 atom stereocenters. The van der Waals surface area contributed by atoms with Crippen LogP contribution in [0.4, 0.5) is 0 Å². The molecule has 0 aliphatic heterocycles. The first kappa shape index (κ1) is 20.7. The average Bonchev–Trinajstić information content (AvgIpc) is 2.84. The average molecular weight is 474 g/mol. The van der Waals surface area contributed by atoms with E-state index in [1.807, 2.05) is 12.1 Å². The molecule has 0 spiro atoms. The maximum Gasteiger partial charge on any atom is 0.173 e. The molecule has 0 aliphatic rings. The number of alkyl halides is 1. The van der Waals surface area contributed by atoms with Crippen molar-refractivity contribution in [3.63, 3.8) is 0 Å². The monoisotopic (exact) mass is 473 g/mol. The van der Waals surface area contributed by atoms with Gasteiger partial charge in [-0.3, -0.25) is 4.79 Å². The maximum absolute atomic E-state index is 12.0. The third kappa shape index (κ3) is 4.17. The third-order valence-electron chi connectivity index (χ3n) is 5.41. The summed E-state index contributed by atoms with van der Waals surface area (Å²) < 4.78 is 0. The summed E-state index contributed by atoms with van der Waals surface area (Å²) in [5.74, 6) is 0.108. The van der Waals surface area contributed by atoms with E-state index in [9.17, 15) is 4.79 Å². The van der Waals surface area contributed by atoms with Crippen molar-refractivity contribution in [3.8, 4) is 0 Å². The van der Waals surface area contributed by atoms with Crippen LogP contribution in [0.15, 0.2) is 115 Å². The first-order chi connectivity index (χ1) is 14.7. The molecule has 0 bridgehead atoms. The zero-order valence-corrected chi connectivity index (χ0v) is 19.1. The van der Waals surface area contributed by atoms with E-state index in [1.54, 1.807) is 0 Å². The van der Waals surface area contributed by atoms with Crippen molar-refractivity contribution in [2.45, 2.75) is 6.16 Å². The molecule has 0 heterocycles. The summed E-state index contributed by atoms with van der Waals surface area (Å²) in [6, 6.07) is 40.7. The van der Waals surface area contributed by atoms with Gasteiger partial charge in [-0.2, -0.15) is 0 Å². The minimum atomic E-state index is -1.92. The minimum absolute atomic E-state index is 0.108. The van der Waals surface area contributed by atoms with Gasteiger partial charge in [0.05, 0.1) is 11.5 Å². The van der Waals surface area contributed by atoms with E-state index in [2.05, 4.69) is 119 Å². The lowest BCUT2D eigenvalue weighted by molar-refractivity contribution is 0.102. The highest BCUT2D eigenvalue weighted by atomic mass is 79.9. The number of ketones is 1. The molecule has 1 nitrogen and oxygen atoms in total. The second-order valence-corrected chi connectivity index (χ2v) is 11.3. The second kappa shape index (κ2) is 9.51. The van der Waals surface area contributed by atoms with Crippen molar-refractivity contribution in [1.82, 2.24) is 0 Å². The predicted octanol–water partition coefficient (Wildman–Crippen LogP) is 5.76. The maximum atomic E-state index is 12.0. The van der Waals surface area contributed by atoms with Crippen LogP contribution in [0, 0.1) is 0 Å². The summed E-state index contributed by atoms with van der Waals surface area (Å²) in [6.45, 7) is 0. The van der Waals surface area contributed by atoms with E-state index in [0.717, 1.165) is 11.7 Å². The second-order valence-electron chi connectivity index (χ2n) is 7.23. The number of rotatable bonds is 7. The molecule has 0 unspecified atom stereocenters. The molecule has 0 saturated heterocycles. The molecule has 4 aromatic carbocycles. The highest BCUT2D eigenvalue weighted by Gasteiger charge is 2.45. The predicted molar refractivity (Wildman–Crippen MR) is 133 cm³/mol. The van der Waals surface area contributed by atoms with Gasteiger partial charge in [0.1, 0.15) is 23.2 Å².